The summed E-state index contributed by atoms with van der Waals surface area (Å²) in [6, 6.07) is 3.97. The lowest BCUT2D eigenvalue weighted by atomic mass is 10.2. The second-order valence-corrected chi connectivity index (χ2v) is 7.36. The molecule has 23 heavy (non-hydrogen) atoms. The molecule has 124 valence electrons. The molecule has 7 heteroatoms. The number of rotatable bonds is 7. The predicted octanol–water partition coefficient (Wildman–Crippen LogP) is 3.24. The van der Waals surface area contributed by atoms with Crippen LogP contribution in [-0.4, -0.2) is 35.9 Å². The summed E-state index contributed by atoms with van der Waals surface area (Å²) in [4.78, 5) is 17.4. The van der Waals surface area contributed by atoms with Crippen molar-refractivity contribution in [1.82, 2.24) is 10.3 Å². The standard InChI is InChI=1S/C16H20N2O3S2/c1-11-13(18-16(21-11)14-5-3-7-23-14)9-22-10-15(19)17-8-12-4-2-6-20-12/h3,5,7,12H,2,4,6,8-10H2,1H3,(H,17,19). The van der Waals surface area contributed by atoms with Crippen LogP contribution in [0.2, 0.25) is 0 Å². The van der Waals surface area contributed by atoms with Crippen LogP contribution in [0.25, 0.3) is 10.8 Å². The lowest BCUT2D eigenvalue weighted by molar-refractivity contribution is -0.119. The van der Waals surface area contributed by atoms with E-state index in [1.165, 1.54) is 0 Å². The molecule has 0 bridgehead atoms. The molecule has 1 amide bonds. The van der Waals surface area contributed by atoms with E-state index in [1.54, 1.807) is 23.1 Å². The van der Waals surface area contributed by atoms with Crippen molar-refractivity contribution in [2.75, 3.05) is 18.9 Å². The van der Waals surface area contributed by atoms with Gasteiger partial charge in [-0.25, -0.2) is 4.98 Å². The van der Waals surface area contributed by atoms with Crippen molar-refractivity contribution in [2.24, 2.45) is 0 Å². The van der Waals surface area contributed by atoms with Gasteiger partial charge < -0.3 is 14.5 Å². The van der Waals surface area contributed by atoms with E-state index in [0.717, 1.165) is 35.8 Å². The minimum atomic E-state index is 0.0464. The third kappa shape index (κ3) is 4.59. The lowest BCUT2D eigenvalue weighted by Crippen LogP contribution is -2.32. The monoisotopic (exact) mass is 352 g/mol. The van der Waals surface area contributed by atoms with Gasteiger partial charge in [0.05, 0.1) is 22.4 Å². The number of aryl methyl sites for hydroxylation is 1. The zero-order valence-electron chi connectivity index (χ0n) is 13.0. The van der Waals surface area contributed by atoms with Crippen molar-refractivity contribution in [3.05, 3.63) is 29.0 Å². The molecule has 1 aliphatic heterocycles. The zero-order valence-corrected chi connectivity index (χ0v) is 14.7. The van der Waals surface area contributed by atoms with Gasteiger partial charge in [-0.2, -0.15) is 0 Å². The summed E-state index contributed by atoms with van der Waals surface area (Å²) in [5, 5.41) is 4.93. The predicted molar refractivity (Wildman–Crippen MR) is 92.7 cm³/mol. The SMILES string of the molecule is Cc1oc(-c2cccs2)nc1CSCC(=O)NCC1CCCO1. The van der Waals surface area contributed by atoms with E-state index in [4.69, 9.17) is 9.15 Å². The van der Waals surface area contributed by atoms with Crippen molar-refractivity contribution in [1.29, 1.82) is 0 Å². The summed E-state index contributed by atoms with van der Waals surface area (Å²) < 4.78 is 11.2. The minimum Gasteiger partial charge on any atom is -0.440 e. The van der Waals surface area contributed by atoms with Crippen molar-refractivity contribution in [2.45, 2.75) is 31.6 Å². The Balaban J connectivity index is 1.42. The molecule has 1 fully saturated rings. The van der Waals surface area contributed by atoms with Gasteiger partial charge in [0.15, 0.2) is 0 Å². The van der Waals surface area contributed by atoms with Gasteiger partial charge in [0, 0.05) is 18.9 Å². The quantitative estimate of drug-likeness (QED) is 0.829. The summed E-state index contributed by atoms with van der Waals surface area (Å²) >= 11 is 3.16. The number of carbonyl (C=O) groups excluding carboxylic acids is 1. The van der Waals surface area contributed by atoms with E-state index in [2.05, 4.69) is 10.3 Å². The van der Waals surface area contributed by atoms with Crippen LogP contribution in [0.3, 0.4) is 0 Å². The molecule has 0 aromatic carbocycles. The van der Waals surface area contributed by atoms with Crippen LogP contribution in [0, 0.1) is 6.92 Å². The molecule has 1 N–H and O–H groups in total. The molecule has 1 unspecified atom stereocenters. The van der Waals surface area contributed by atoms with E-state index >= 15 is 0 Å². The summed E-state index contributed by atoms with van der Waals surface area (Å²) in [6.07, 6.45) is 2.32. The van der Waals surface area contributed by atoms with E-state index < -0.39 is 0 Å². The number of hydrogen-bond acceptors (Lipinski definition) is 6. The van der Waals surface area contributed by atoms with Gasteiger partial charge in [0.1, 0.15) is 5.76 Å². The van der Waals surface area contributed by atoms with Crippen LogP contribution in [-0.2, 0) is 15.3 Å². The number of ether oxygens (including phenoxy) is 1. The topological polar surface area (TPSA) is 64.4 Å². The highest BCUT2D eigenvalue weighted by atomic mass is 32.2. The van der Waals surface area contributed by atoms with Gasteiger partial charge in [-0.05, 0) is 31.2 Å². The van der Waals surface area contributed by atoms with Crippen LogP contribution in [0.15, 0.2) is 21.9 Å². The maximum atomic E-state index is 11.8. The number of hydrogen-bond donors (Lipinski definition) is 1. The van der Waals surface area contributed by atoms with Crippen LogP contribution in [0.5, 0.6) is 0 Å². The number of nitrogens with zero attached hydrogens (tertiary/aromatic N) is 1. The van der Waals surface area contributed by atoms with Gasteiger partial charge in [0.25, 0.3) is 0 Å². The maximum Gasteiger partial charge on any atom is 0.236 e. The Morgan fingerprint density at radius 3 is 3.22 bits per heavy atom. The highest BCUT2D eigenvalue weighted by Gasteiger charge is 2.16. The number of thioether (sulfide) groups is 1. The molecule has 1 saturated heterocycles. The highest BCUT2D eigenvalue weighted by Crippen LogP contribution is 2.27. The maximum absolute atomic E-state index is 11.8. The van der Waals surface area contributed by atoms with Gasteiger partial charge in [0.2, 0.25) is 11.8 Å². The van der Waals surface area contributed by atoms with Crippen molar-refractivity contribution in [3.63, 3.8) is 0 Å². The largest absolute Gasteiger partial charge is 0.440 e. The third-order valence-electron chi connectivity index (χ3n) is 3.65. The van der Waals surface area contributed by atoms with Crippen molar-refractivity contribution in [3.8, 4) is 10.8 Å². The average molecular weight is 352 g/mol. The fraction of sp³-hybridized carbons (Fsp3) is 0.500. The summed E-state index contributed by atoms with van der Waals surface area (Å²) in [6.45, 7) is 3.34. The Morgan fingerprint density at radius 2 is 2.48 bits per heavy atom. The molecular formula is C16H20N2O3S2. The third-order valence-corrected chi connectivity index (χ3v) is 5.45. The van der Waals surface area contributed by atoms with Crippen molar-refractivity contribution < 1.29 is 13.9 Å². The molecule has 1 aliphatic rings. The average Bonchev–Trinajstić information content (AvgIpc) is 3.28. The van der Waals surface area contributed by atoms with Crippen molar-refractivity contribution >= 4 is 29.0 Å². The Hall–Kier alpha value is -1.31. The molecule has 2 aromatic rings. The molecule has 5 nitrogen and oxygen atoms in total. The molecule has 0 radical (unpaired) electrons. The molecule has 2 aromatic heterocycles. The normalized spacial score (nSPS) is 17.5. The second-order valence-electron chi connectivity index (χ2n) is 5.43. The van der Waals surface area contributed by atoms with E-state index in [-0.39, 0.29) is 12.0 Å². The molecule has 1 atom stereocenters. The number of amides is 1. The molecule has 3 heterocycles. The first-order chi connectivity index (χ1) is 11.2. The first kappa shape index (κ1) is 16.5. The van der Waals surface area contributed by atoms with Gasteiger partial charge in [-0.3, -0.25) is 4.79 Å². The molecular weight excluding hydrogens is 332 g/mol. The fourth-order valence-corrected chi connectivity index (χ4v) is 3.89. The Kier molecular flexibility index (Phi) is 5.75. The smallest absolute Gasteiger partial charge is 0.236 e. The molecule has 3 rings (SSSR count). The van der Waals surface area contributed by atoms with Crippen LogP contribution < -0.4 is 5.32 Å². The first-order valence-corrected chi connectivity index (χ1v) is 9.72. The molecule has 0 spiro atoms. The fourth-order valence-electron chi connectivity index (χ4n) is 2.39. The summed E-state index contributed by atoms with van der Waals surface area (Å²) in [5.74, 6) is 2.63. The molecule has 0 aliphatic carbocycles. The van der Waals surface area contributed by atoms with Gasteiger partial charge in [-0.1, -0.05) is 6.07 Å². The van der Waals surface area contributed by atoms with Crippen LogP contribution in [0.4, 0.5) is 0 Å². The zero-order chi connectivity index (χ0) is 16.1. The Bertz CT molecular complexity index is 634. The van der Waals surface area contributed by atoms with Gasteiger partial charge in [-0.15, -0.1) is 23.1 Å². The highest BCUT2D eigenvalue weighted by molar-refractivity contribution is 7.99. The van der Waals surface area contributed by atoms with E-state index in [0.29, 0.717) is 23.9 Å². The number of thiophene rings is 1. The second kappa shape index (κ2) is 7.99. The number of aromatic nitrogens is 1. The van der Waals surface area contributed by atoms with Gasteiger partial charge >= 0.3 is 0 Å². The van der Waals surface area contributed by atoms with Crippen LogP contribution >= 0.6 is 23.1 Å². The van der Waals surface area contributed by atoms with E-state index in [9.17, 15) is 4.79 Å². The Morgan fingerprint density at radius 1 is 1.57 bits per heavy atom. The summed E-state index contributed by atoms with van der Waals surface area (Å²) in [7, 11) is 0. The summed E-state index contributed by atoms with van der Waals surface area (Å²) in [5.41, 5.74) is 0.908. The lowest BCUT2D eigenvalue weighted by Gasteiger charge is -2.10. The first-order valence-electron chi connectivity index (χ1n) is 7.68. The number of nitrogens with one attached hydrogen (secondary N) is 1. The number of oxazole rings is 1. The van der Waals surface area contributed by atoms with Crippen LogP contribution in [0.1, 0.15) is 24.3 Å². The molecule has 0 saturated carbocycles. The number of carbonyl (C=O) groups is 1. The Labute approximate surface area is 143 Å². The van der Waals surface area contributed by atoms with E-state index in [1.807, 2.05) is 24.4 Å². The minimum absolute atomic E-state index is 0.0464.